The Labute approximate surface area is 93.3 Å². The van der Waals surface area contributed by atoms with Crippen molar-refractivity contribution in [2.75, 3.05) is 6.54 Å². The molecule has 2 atom stereocenters. The molecule has 2 N–H and O–H groups in total. The van der Waals surface area contributed by atoms with Crippen molar-refractivity contribution in [3.8, 4) is 0 Å². The van der Waals surface area contributed by atoms with Crippen LogP contribution in [-0.2, 0) is 9.84 Å². The highest BCUT2D eigenvalue weighted by atomic mass is 32.2. The van der Waals surface area contributed by atoms with Crippen molar-refractivity contribution in [3.63, 3.8) is 0 Å². The van der Waals surface area contributed by atoms with Gasteiger partial charge in [-0.05, 0) is 39.2 Å². The van der Waals surface area contributed by atoms with Crippen molar-refractivity contribution in [2.24, 2.45) is 11.7 Å². The Balaban J connectivity index is 2.88. The predicted molar refractivity (Wildman–Crippen MR) is 63.5 cm³/mol. The summed E-state index contributed by atoms with van der Waals surface area (Å²) in [7, 11) is -2.96. The van der Waals surface area contributed by atoms with Gasteiger partial charge in [0.2, 0.25) is 0 Å². The van der Waals surface area contributed by atoms with E-state index < -0.39 is 9.84 Å². The second-order valence-corrected chi connectivity index (χ2v) is 7.54. The summed E-state index contributed by atoms with van der Waals surface area (Å²) in [5, 5.41) is -0.459. The lowest BCUT2D eigenvalue weighted by molar-refractivity contribution is 0.453. The van der Waals surface area contributed by atoms with E-state index in [0.29, 0.717) is 6.54 Å². The third-order valence-electron chi connectivity index (χ3n) is 3.47. The summed E-state index contributed by atoms with van der Waals surface area (Å²) in [6.07, 6.45) is 5.11. The molecule has 90 valence electrons. The Morgan fingerprint density at radius 3 is 2.33 bits per heavy atom. The number of hydrogen-bond acceptors (Lipinski definition) is 3. The monoisotopic (exact) mass is 233 g/mol. The van der Waals surface area contributed by atoms with Gasteiger partial charge in [0.15, 0.2) is 9.84 Å². The van der Waals surface area contributed by atoms with Gasteiger partial charge >= 0.3 is 0 Å². The van der Waals surface area contributed by atoms with Crippen LogP contribution in [-0.4, -0.2) is 25.5 Å². The van der Waals surface area contributed by atoms with Crippen LogP contribution in [0.25, 0.3) is 0 Å². The Hall–Kier alpha value is -0.0900. The molecule has 1 fully saturated rings. The van der Waals surface area contributed by atoms with Crippen LogP contribution in [0.1, 0.15) is 46.0 Å². The van der Waals surface area contributed by atoms with Crippen LogP contribution in [0.3, 0.4) is 0 Å². The summed E-state index contributed by atoms with van der Waals surface area (Å²) in [5.74, 6) is 0.180. The van der Waals surface area contributed by atoms with E-state index in [1.165, 1.54) is 0 Å². The third kappa shape index (κ3) is 2.94. The molecule has 0 aromatic carbocycles. The molecule has 0 aromatic rings. The molecule has 4 heteroatoms. The van der Waals surface area contributed by atoms with E-state index in [2.05, 4.69) is 0 Å². The summed E-state index contributed by atoms with van der Waals surface area (Å²) < 4.78 is 24.3. The van der Waals surface area contributed by atoms with E-state index in [0.717, 1.165) is 32.1 Å². The van der Waals surface area contributed by atoms with Crippen LogP contribution in [0.2, 0.25) is 0 Å². The number of rotatable bonds is 3. The van der Waals surface area contributed by atoms with Crippen LogP contribution in [0, 0.1) is 5.92 Å². The topological polar surface area (TPSA) is 60.2 Å². The average Bonchev–Trinajstić information content (AvgIpc) is 2.41. The molecule has 0 aliphatic heterocycles. The highest BCUT2D eigenvalue weighted by molar-refractivity contribution is 7.92. The Morgan fingerprint density at radius 1 is 1.20 bits per heavy atom. The van der Waals surface area contributed by atoms with E-state index in [4.69, 9.17) is 5.73 Å². The molecular weight excluding hydrogens is 210 g/mol. The predicted octanol–water partition coefficient (Wildman–Crippen LogP) is 1.72. The smallest absolute Gasteiger partial charge is 0.155 e. The molecule has 0 spiro atoms. The first kappa shape index (κ1) is 13.0. The minimum absolute atomic E-state index is 0.180. The van der Waals surface area contributed by atoms with E-state index >= 15 is 0 Å². The van der Waals surface area contributed by atoms with Crippen LogP contribution in [0.4, 0.5) is 0 Å². The largest absolute Gasteiger partial charge is 0.330 e. The molecule has 1 aliphatic rings. The zero-order valence-electron chi connectivity index (χ0n) is 9.78. The van der Waals surface area contributed by atoms with Gasteiger partial charge in [0.1, 0.15) is 0 Å². The molecule has 0 radical (unpaired) electrons. The highest BCUT2D eigenvalue weighted by Crippen LogP contribution is 2.29. The first-order valence-electron chi connectivity index (χ1n) is 5.93. The fourth-order valence-corrected chi connectivity index (χ4v) is 4.38. The zero-order chi connectivity index (χ0) is 11.5. The maximum atomic E-state index is 12.2. The first-order valence-corrected chi connectivity index (χ1v) is 7.54. The van der Waals surface area contributed by atoms with E-state index in [9.17, 15) is 8.42 Å². The molecule has 0 amide bonds. The van der Waals surface area contributed by atoms with Crippen LogP contribution in [0.15, 0.2) is 0 Å². The van der Waals surface area contributed by atoms with Gasteiger partial charge in [0.05, 0.1) is 10.5 Å². The maximum Gasteiger partial charge on any atom is 0.155 e. The van der Waals surface area contributed by atoms with Gasteiger partial charge in [-0.25, -0.2) is 8.42 Å². The van der Waals surface area contributed by atoms with Crippen molar-refractivity contribution in [1.29, 1.82) is 0 Å². The fourth-order valence-electron chi connectivity index (χ4n) is 2.40. The van der Waals surface area contributed by atoms with Gasteiger partial charge in [-0.15, -0.1) is 0 Å². The van der Waals surface area contributed by atoms with Crippen molar-refractivity contribution in [3.05, 3.63) is 0 Å². The lowest BCUT2D eigenvalue weighted by Gasteiger charge is -2.25. The van der Waals surface area contributed by atoms with Gasteiger partial charge < -0.3 is 5.73 Å². The highest BCUT2D eigenvalue weighted by Gasteiger charge is 2.35. The molecule has 0 bridgehead atoms. The second kappa shape index (κ2) is 5.30. The molecule has 1 saturated carbocycles. The minimum Gasteiger partial charge on any atom is -0.330 e. The Morgan fingerprint density at radius 2 is 1.80 bits per heavy atom. The number of hydrogen-bond donors (Lipinski definition) is 1. The van der Waals surface area contributed by atoms with E-state index in [1.54, 1.807) is 13.8 Å². The standard InChI is InChI=1S/C11H23NO2S/c1-9(2)15(13,14)11-7-5-3-4-6-10(11)8-12/h9-11H,3-8,12H2,1-2H3. The molecule has 0 saturated heterocycles. The minimum atomic E-state index is -2.96. The summed E-state index contributed by atoms with van der Waals surface area (Å²) in [4.78, 5) is 0. The molecule has 3 nitrogen and oxygen atoms in total. The lowest BCUT2D eigenvalue weighted by atomic mass is 10.0. The molecule has 1 rings (SSSR count). The number of nitrogens with two attached hydrogens (primary N) is 1. The second-order valence-electron chi connectivity index (χ2n) is 4.81. The molecule has 2 unspecified atom stereocenters. The van der Waals surface area contributed by atoms with Crippen LogP contribution >= 0.6 is 0 Å². The third-order valence-corrected chi connectivity index (χ3v) is 6.25. The Bertz CT molecular complexity index is 285. The van der Waals surface area contributed by atoms with Crippen molar-refractivity contribution in [1.82, 2.24) is 0 Å². The maximum absolute atomic E-state index is 12.2. The lowest BCUT2D eigenvalue weighted by Crippen LogP contribution is -2.37. The summed E-state index contributed by atoms with van der Waals surface area (Å²) in [6.45, 7) is 4.05. The zero-order valence-corrected chi connectivity index (χ0v) is 10.6. The van der Waals surface area contributed by atoms with E-state index in [-0.39, 0.29) is 16.4 Å². The van der Waals surface area contributed by atoms with Gasteiger partial charge in [-0.3, -0.25) is 0 Å². The summed E-state index contributed by atoms with van der Waals surface area (Å²) >= 11 is 0. The quantitative estimate of drug-likeness (QED) is 0.755. The van der Waals surface area contributed by atoms with Gasteiger partial charge in [0, 0.05) is 0 Å². The first-order chi connectivity index (χ1) is 7.00. The Kier molecular flexibility index (Phi) is 4.59. The molecule has 0 heterocycles. The fraction of sp³-hybridized carbons (Fsp3) is 1.00. The van der Waals surface area contributed by atoms with Gasteiger partial charge in [-0.1, -0.05) is 19.3 Å². The molecule has 0 aromatic heterocycles. The van der Waals surface area contributed by atoms with Crippen molar-refractivity contribution >= 4 is 9.84 Å². The number of sulfone groups is 1. The van der Waals surface area contributed by atoms with Crippen LogP contribution in [0.5, 0.6) is 0 Å². The average molecular weight is 233 g/mol. The van der Waals surface area contributed by atoms with Crippen molar-refractivity contribution < 1.29 is 8.42 Å². The van der Waals surface area contributed by atoms with Gasteiger partial charge in [-0.2, -0.15) is 0 Å². The molecular formula is C11H23NO2S. The van der Waals surface area contributed by atoms with E-state index in [1.807, 2.05) is 0 Å². The molecule has 1 aliphatic carbocycles. The molecule has 15 heavy (non-hydrogen) atoms. The summed E-state index contributed by atoms with van der Waals surface area (Å²) in [5.41, 5.74) is 5.70. The van der Waals surface area contributed by atoms with Crippen LogP contribution < -0.4 is 5.73 Å². The SMILES string of the molecule is CC(C)S(=O)(=O)C1CCCCCC1CN. The summed E-state index contributed by atoms with van der Waals surface area (Å²) in [6, 6.07) is 0. The normalized spacial score (nSPS) is 29.1. The van der Waals surface area contributed by atoms with Crippen molar-refractivity contribution in [2.45, 2.75) is 56.5 Å². The van der Waals surface area contributed by atoms with Gasteiger partial charge in [0.25, 0.3) is 0 Å².